The predicted molar refractivity (Wildman–Crippen MR) is 58.3 cm³/mol. The van der Waals surface area contributed by atoms with Crippen molar-refractivity contribution in [3.05, 3.63) is 42.0 Å². The lowest BCUT2D eigenvalue weighted by Crippen LogP contribution is -1.95. The van der Waals surface area contributed by atoms with Crippen LogP contribution in [0.3, 0.4) is 0 Å². The average Bonchev–Trinajstić information content (AvgIpc) is 2.29. The number of ether oxygens (including phenoxy) is 2. The normalized spacial score (nSPS) is 10.5. The van der Waals surface area contributed by atoms with E-state index in [0.717, 1.165) is 5.75 Å². The van der Waals surface area contributed by atoms with E-state index in [0.29, 0.717) is 12.2 Å². The maximum Gasteiger partial charge on any atom is 0.185 e. The largest absolute Gasteiger partial charge is 0.497 e. The van der Waals surface area contributed by atoms with Crippen LogP contribution in [-0.2, 0) is 4.74 Å². The van der Waals surface area contributed by atoms with Crippen molar-refractivity contribution in [2.75, 3.05) is 20.8 Å². The van der Waals surface area contributed by atoms with Gasteiger partial charge in [-0.3, -0.25) is 4.79 Å². The molecular weight excluding hydrogens is 192 g/mol. The SMILES string of the molecule is COC/C=C/C(=O)c1ccc(OC)cc1. The third-order valence-corrected chi connectivity index (χ3v) is 1.91. The number of ketones is 1. The molecule has 3 heteroatoms. The highest BCUT2D eigenvalue weighted by Gasteiger charge is 2.00. The van der Waals surface area contributed by atoms with Gasteiger partial charge in [0.2, 0.25) is 0 Å². The minimum atomic E-state index is -0.0327. The molecule has 0 radical (unpaired) electrons. The van der Waals surface area contributed by atoms with Crippen molar-refractivity contribution in [2.45, 2.75) is 0 Å². The standard InChI is InChI=1S/C12H14O3/c1-14-9-3-4-12(13)10-5-7-11(15-2)8-6-10/h3-8H,9H2,1-2H3/b4-3+. The number of hydrogen-bond donors (Lipinski definition) is 0. The minimum absolute atomic E-state index is 0.0327. The molecule has 0 aliphatic heterocycles. The zero-order valence-corrected chi connectivity index (χ0v) is 8.90. The zero-order chi connectivity index (χ0) is 11.1. The van der Waals surface area contributed by atoms with Gasteiger partial charge < -0.3 is 9.47 Å². The van der Waals surface area contributed by atoms with Crippen LogP contribution in [0.1, 0.15) is 10.4 Å². The van der Waals surface area contributed by atoms with Gasteiger partial charge in [-0.15, -0.1) is 0 Å². The Bertz CT molecular complexity index is 338. The molecule has 0 heterocycles. The molecule has 0 unspecified atom stereocenters. The summed E-state index contributed by atoms with van der Waals surface area (Å²) in [6, 6.07) is 6.99. The summed E-state index contributed by atoms with van der Waals surface area (Å²) in [6.07, 6.45) is 3.19. The first kappa shape index (κ1) is 11.5. The summed E-state index contributed by atoms with van der Waals surface area (Å²) < 4.78 is 9.80. The van der Waals surface area contributed by atoms with Gasteiger partial charge in [-0.05, 0) is 30.3 Å². The number of hydrogen-bond acceptors (Lipinski definition) is 3. The summed E-state index contributed by atoms with van der Waals surface area (Å²) in [5, 5.41) is 0. The van der Waals surface area contributed by atoms with Crippen molar-refractivity contribution in [2.24, 2.45) is 0 Å². The van der Waals surface area contributed by atoms with Crippen molar-refractivity contribution < 1.29 is 14.3 Å². The maximum atomic E-state index is 11.5. The number of benzene rings is 1. The Morgan fingerprint density at radius 3 is 2.47 bits per heavy atom. The van der Waals surface area contributed by atoms with E-state index in [1.807, 2.05) is 0 Å². The smallest absolute Gasteiger partial charge is 0.185 e. The first-order valence-electron chi connectivity index (χ1n) is 4.62. The molecule has 0 aromatic heterocycles. The lowest BCUT2D eigenvalue weighted by Gasteiger charge is -1.99. The predicted octanol–water partition coefficient (Wildman–Crippen LogP) is 2.08. The highest BCUT2D eigenvalue weighted by molar-refractivity contribution is 6.04. The molecule has 0 fully saturated rings. The van der Waals surface area contributed by atoms with Crippen LogP contribution in [0.15, 0.2) is 36.4 Å². The number of methoxy groups -OCH3 is 2. The number of allylic oxidation sites excluding steroid dienone is 1. The fourth-order valence-electron chi connectivity index (χ4n) is 1.10. The summed E-state index contributed by atoms with van der Waals surface area (Å²) in [7, 11) is 3.18. The molecule has 0 atom stereocenters. The van der Waals surface area contributed by atoms with Crippen LogP contribution < -0.4 is 4.74 Å². The lowest BCUT2D eigenvalue weighted by molar-refractivity contribution is 0.104. The second-order valence-corrected chi connectivity index (χ2v) is 2.95. The van der Waals surface area contributed by atoms with E-state index in [2.05, 4.69) is 0 Å². The first-order valence-corrected chi connectivity index (χ1v) is 4.62. The van der Waals surface area contributed by atoms with Gasteiger partial charge in [0.25, 0.3) is 0 Å². The second-order valence-electron chi connectivity index (χ2n) is 2.95. The molecule has 0 bridgehead atoms. The molecule has 3 nitrogen and oxygen atoms in total. The number of rotatable bonds is 5. The number of carbonyl (C=O) groups is 1. The summed E-state index contributed by atoms with van der Waals surface area (Å²) in [5.74, 6) is 0.710. The molecule has 80 valence electrons. The highest BCUT2D eigenvalue weighted by Crippen LogP contribution is 2.11. The van der Waals surface area contributed by atoms with Crippen LogP contribution in [0.5, 0.6) is 5.75 Å². The van der Waals surface area contributed by atoms with E-state index in [1.165, 1.54) is 6.08 Å². The monoisotopic (exact) mass is 206 g/mol. The van der Waals surface area contributed by atoms with Crippen LogP contribution in [0.2, 0.25) is 0 Å². The van der Waals surface area contributed by atoms with Crippen molar-refractivity contribution in [1.29, 1.82) is 0 Å². The molecule has 0 aliphatic rings. The van der Waals surface area contributed by atoms with E-state index in [1.54, 1.807) is 44.6 Å². The highest BCUT2D eigenvalue weighted by atomic mass is 16.5. The average molecular weight is 206 g/mol. The molecule has 1 aromatic carbocycles. The Kier molecular flexibility index (Phi) is 4.57. The zero-order valence-electron chi connectivity index (χ0n) is 8.90. The van der Waals surface area contributed by atoms with Gasteiger partial charge in [0.15, 0.2) is 5.78 Å². The van der Waals surface area contributed by atoms with E-state index in [-0.39, 0.29) is 5.78 Å². The van der Waals surface area contributed by atoms with Crippen LogP contribution in [0, 0.1) is 0 Å². The van der Waals surface area contributed by atoms with Crippen molar-refractivity contribution in [1.82, 2.24) is 0 Å². The molecule has 0 saturated carbocycles. The maximum absolute atomic E-state index is 11.5. The Morgan fingerprint density at radius 2 is 1.93 bits per heavy atom. The Morgan fingerprint density at radius 1 is 1.27 bits per heavy atom. The Labute approximate surface area is 89.3 Å². The van der Waals surface area contributed by atoms with Gasteiger partial charge in [0.05, 0.1) is 13.7 Å². The fraction of sp³-hybridized carbons (Fsp3) is 0.250. The topological polar surface area (TPSA) is 35.5 Å². The van der Waals surface area contributed by atoms with Crippen LogP contribution in [0.25, 0.3) is 0 Å². The van der Waals surface area contributed by atoms with Crippen LogP contribution >= 0.6 is 0 Å². The van der Waals surface area contributed by atoms with Gasteiger partial charge in [0, 0.05) is 12.7 Å². The minimum Gasteiger partial charge on any atom is -0.497 e. The molecular formula is C12H14O3. The van der Waals surface area contributed by atoms with E-state index >= 15 is 0 Å². The van der Waals surface area contributed by atoms with Gasteiger partial charge in [-0.25, -0.2) is 0 Å². The molecule has 0 N–H and O–H groups in total. The second kappa shape index (κ2) is 5.98. The summed E-state index contributed by atoms with van der Waals surface area (Å²) in [5.41, 5.74) is 0.642. The Hall–Kier alpha value is -1.61. The Balaban J connectivity index is 2.66. The molecule has 0 saturated heterocycles. The molecule has 1 rings (SSSR count). The number of carbonyl (C=O) groups excluding carboxylic acids is 1. The van der Waals surface area contributed by atoms with Crippen LogP contribution in [0.4, 0.5) is 0 Å². The van der Waals surface area contributed by atoms with Crippen LogP contribution in [-0.4, -0.2) is 26.6 Å². The quantitative estimate of drug-likeness (QED) is 0.546. The third-order valence-electron chi connectivity index (χ3n) is 1.91. The molecule has 0 spiro atoms. The van der Waals surface area contributed by atoms with Gasteiger partial charge in [-0.1, -0.05) is 6.08 Å². The summed E-state index contributed by atoms with van der Waals surface area (Å²) in [6.45, 7) is 0.446. The molecule has 0 amide bonds. The molecule has 0 aliphatic carbocycles. The fourth-order valence-corrected chi connectivity index (χ4v) is 1.10. The molecule has 1 aromatic rings. The van der Waals surface area contributed by atoms with Crippen molar-refractivity contribution in [3.63, 3.8) is 0 Å². The van der Waals surface area contributed by atoms with Gasteiger partial charge in [-0.2, -0.15) is 0 Å². The lowest BCUT2D eigenvalue weighted by atomic mass is 10.1. The first-order chi connectivity index (χ1) is 7.27. The van der Waals surface area contributed by atoms with E-state index in [9.17, 15) is 4.79 Å². The summed E-state index contributed by atoms with van der Waals surface area (Å²) >= 11 is 0. The van der Waals surface area contributed by atoms with E-state index in [4.69, 9.17) is 9.47 Å². The van der Waals surface area contributed by atoms with Crippen molar-refractivity contribution in [3.8, 4) is 5.75 Å². The van der Waals surface area contributed by atoms with E-state index < -0.39 is 0 Å². The molecule has 15 heavy (non-hydrogen) atoms. The third kappa shape index (κ3) is 3.56. The van der Waals surface area contributed by atoms with Crippen molar-refractivity contribution >= 4 is 5.78 Å². The van der Waals surface area contributed by atoms with Gasteiger partial charge >= 0.3 is 0 Å². The summed E-state index contributed by atoms with van der Waals surface area (Å²) in [4.78, 5) is 11.5. The van der Waals surface area contributed by atoms with Gasteiger partial charge in [0.1, 0.15) is 5.75 Å².